The lowest BCUT2D eigenvalue weighted by atomic mass is 10.1. The minimum absolute atomic E-state index is 0.0262. The number of aryl methyl sites for hydroxylation is 2. The molecule has 7 nitrogen and oxygen atoms in total. The van der Waals surface area contributed by atoms with Gasteiger partial charge in [-0.15, -0.1) is 0 Å². The first-order valence-electron chi connectivity index (χ1n) is 10.6. The van der Waals surface area contributed by atoms with Crippen molar-refractivity contribution in [2.24, 2.45) is 0 Å². The number of methoxy groups -OCH3 is 1. The fourth-order valence-electron chi connectivity index (χ4n) is 3.94. The molecule has 3 aromatic rings. The average molecular weight is 420 g/mol. The summed E-state index contributed by atoms with van der Waals surface area (Å²) in [7, 11) is 1.67. The second-order valence-corrected chi connectivity index (χ2v) is 7.93. The molecule has 1 saturated heterocycles. The zero-order chi connectivity index (χ0) is 21.8. The summed E-state index contributed by atoms with van der Waals surface area (Å²) in [6.07, 6.45) is 3.78. The molecule has 0 saturated carbocycles. The van der Waals surface area contributed by atoms with Crippen molar-refractivity contribution in [1.82, 2.24) is 14.5 Å². The number of aromatic nitrogens is 2. The topological polar surface area (TPSA) is 62.6 Å². The van der Waals surface area contributed by atoms with Crippen LogP contribution in [-0.4, -0.2) is 60.2 Å². The zero-order valence-electron chi connectivity index (χ0n) is 18.3. The molecule has 0 bridgehead atoms. The van der Waals surface area contributed by atoms with E-state index in [1.807, 2.05) is 55.7 Å². The number of hydrogen-bond donors (Lipinski definition) is 1. The molecule has 162 valence electrons. The van der Waals surface area contributed by atoms with Crippen LogP contribution in [0, 0.1) is 13.8 Å². The average Bonchev–Trinajstić information content (AvgIpc) is 3.26. The Balaban J connectivity index is 1.35. The van der Waals surface area contributed by atoms with Gasteiger partial charge >= 0.3 is 0 Å². The van der Waals surface area contributed by atoms with Crippen molar-refractivity contribution >= 4 is 17.5 Å². The first kappa shape index (κ1) is 20.9. The monoisotopic (exact) mass is 419 g/mol. The highest BCUT2D eigenvalue weighted by molar-refractivity contribution is 5.93. The van der Waals surface area contributed by atoms with Gasteiger partial charge in [0.1, 0.15) is 5.75 Å². The predicted molar refractivity (Wildman–Crippen MR) is 123 cm³/mol. The Kier molecular flexibility index (Phi) is 6.23. The van der Waals surface area contributed by atoms with Crippen LogP contribution in [0.1, 0.15) is 11.1 Å². The number of hydrogen-bond acceptors (Lipinski definition) is 5. The maximum Gasteiger partial charge on any atom is 0.238 e. The molecule has 7 heteroatoms. The highest BCUT2D eigenvalue weighted by Gasteiger charge is 2.22. The van der Waals surface area contributed by atoms with Crippen LogP contribution in [0.5, 0.6) is 5.75 Å². The lowest BCUT2D eigenvalue weighted by Crippen LogP contribution is -2.49. The molecule has 1 aromatic heterocycles. The molecule has 1 aliphatic rings. The molecule has 0 aliphatic carbocycles. The van der Waals surface area contributed by atoms with Gasteiger partial charge in [0.15, 0.2) is 0 Å². The molecule has 2 heterocycles. The number of nitrogens with one attached hydrogen (secondary N) is 1. The quantitative estimate of drug-likeness (QED) is 0.665. The number of carbonyl (C=O) groups excluding carboxylic acids is 1. The van der Waals surface area contributed by atoms with Gasteiger partial charge in [0.2, 0.25) is 11.9 Å². The lowest BCUT2D eigenvalue weighted by Gasteiger charge is -2.35. The molecule has 1 amide bonds. The smallest absolute Gasteiger partial charge is 0.238 e. The van der Waals surface area contributed by atoms with Gasteiger partial charge in [-0.3, -0.25) is 14.3 Å². The van der Waals surface area contributed by atoms with Gasteiger partial charge in [-0.2, -0.15) is 0 Å². The third kappa shape index (κ3) is 4.88. The van der Waals surface area contributed by atoms with Gasteiger partial charge in [-0.1, -0.05) is 23.8 Å². The van der Waals surface area contributed by atoms with Crippen molar-refractivity contribution in [2.45, 2.75) is 13.8 Å². The van der Waals surface area contributed by atoms with E-state index in [1.165, 1.54) is 5.56 Å². The third-order valence-corrected chi connectivity index (χ3v) is 5.63. The summed E-state index contributed by atoms with van der Waals surface area (Å²) < 4.78 is 7.43. The van der Waals surface area contributed by atoms with Crippen LogP contribution in [0.2, 0.25) is 0 Å². The Morgan fingerprint density at radius 1 is 1.10 bits per heavy atom. The SMILES string of the molecule is COc1cccc(-n2ccnc2N2CCN(CC(=O)Nc3ccc(C)cc3C)CC2)c1. The molecule has 0 spiro atoms. The highest BCUT2D eigenvalue weighted by Crippen LogP contribution is 2.23. The Hall–Kier alpha value is -3.32. The van der Waals surface area contributed by atoms with Crippen molar-refractivity contribution in [3.63, 3.8) is 0 Å². The number of anilines is 2. The minimum Gasteiger partial charge on any atom is -0.497 e. The molecular weight excluding hydrogens is 390 g/mol. The summed E-state index contributed by atoms with van der Waals surface area (Å²) >= 11 is 0. The summed E-state index contributed by atoms with van der Waals surface area (Å²) in [6, 6.07) is 14.0. The molecule has 0 unspecified atom stereocenters. The van der Waals surface area contributed by atoms with Crippen molar-refractivity contribution in [3.8, 4) is 11.4 Å². The summed E-state index contributed by atoms with van der Waals surface area (Å²) in [5.41, 5.74) is 4.18. The molecule has 4 rings (SSSR count). The Morgan fingerprint density at radius 3 is 2.65 bits per heavy atom. The number of benzene rings is 2. The van der Waals surface area contributed by atoms with Gasteiger partial charge in [0.05, 0.1) is 19.3 Å². The van der Waals surface area contributed by atoms with Crippen molar-refractivity contribution in [3.05, 3.63) is 66.0 Å². The van der Waals surface area contributed by atoms with Crippen LogP contribution in [0.3, 0.4) is 0 Å². The fraction of sp³-hybridized carbons (Fsp3) is 0.333. The van der Waals surface area contributed by atoms with E-state index in [2.05, 4.69) is 37.7 Å². The number of ether oxygens (including phenoxy) is 1. The first-order valence-corrected chi connectivity index (χ1v) is 10.6. The standard InChI is InChI=1S/C24H29N5O2/c1-18-7-8-22(19(2)15-18)26-23(30)17-27-11-13-28(14-12-27)24-25-9-10-29(24)20-5-4-6-21(16-20)31-3/h4-10,15-16H,11-14,17H2,1-3H3,(H,26,30). The maximum absolute atomic E-state index is 12.5. The summed E-state index contributed by atoms with van der Waals surface area (Å²) in [5.74, 6) is 1.75. The Bertz CT molecular complexity index is 1050. The van der Waals surface area contributed by atoms with E-state index in [9.17, 15) is 4.79 Å². The van der Waals surface area contributed by atoms with E-state index in [-0.39, 0.29) is 5.91 Å². The van der Waals surface area contributed by atoms with E-state index < -0.39 is 0 Å². The van der Waals surface area contributed by atoms with E-state index in [1.54, 1.807) is 7.11 Å². The molecule has 1 aliphatic heterocycles. The van der Waals surface area contributed by atoms with Crippen LogP contribution in [0.25, 0.3) is 5.69 Å². The Morgan fingerprint density at radius 2 is 1.90 bits per heavy atom. The predicted octanol–water partition coefficient (Wildman–Crippen LogP) is 3.26. The lowest BCUT2D eigenvalue weighted by molar-refractivity contribution is -0.117. The third-order valence-electron chi connectivity index (χ3n) is 5.63. The van der Waals surface area contributed by atoms with Crippen LogP contribution in [-0.2, 0) is 4.79 Å². The normalized spacial score (nSPS) is 14.5. The van der Waals surface area contributed by atoms with Crippen LogP contribution >= 0.6 is 0 Å². The van der Waals surface area contributed by atoms with E-state index >= 15 is 0 Å². The minimum atomic E-state index is 0.0262. The van der Waals surface area contributed by atoms with Gasteiger partial charge in [-0.25, -0.2) is 4.98 Å². The van der Waals surface area contributed by atoms with Crippen molar-refractivity contribution in [2.75, 3.05) is 50.1 Å². The number of piperazine rings is 1. The van der Waals surface area contributed by atoms with Gasteiger partial charge in [0, 0.05) is 50.3 Å². The molecule has 0 atom stereocenters. The van der Waals surface area contributed by atoms with E-state index in [0.717, 1.165) is 54.8 Å². The zero-order valence-corrected chi connectivity index (χ0v) is 18.3. The van der Waals surface area contributed by atoms with Crippen molar-refractivity contribution in [1.29, 1.82) is 0 Å². The van der Waals surface area contributed by atoms with E-state index in [4.69, 9.17) is 4.74 Å². The molecule has 31 heavy (non-hydrogen) atoms. The molecule has 1 fully saturated rings. The van der Waals surface area contributed by atoms with Crippen LogP contribution < -0.4 is 15.0 Å². The largest absolute Gasteiger partial charge is 0.497 e. The summed E-state index contributed by atoms with van der Waals surface area (Å²) in [4.78, 5) is 21.6. The van der Waals surface area contributed by atoms with Gasteiger partial charge in [0.25, 0.3) is 0 Å². The number of nitrogens with zero attached hydrogens (tertiary/aromatic N) is 4. The second-order valence-electron chi connectivity index (χ2n) is 7.93. The van der Waals surface area contributed by atoms with Gasteiger partial charge in [-0.05, 0) is 37.6 Å². The number of amides is 1. The van der Waals surface area contributed by atoms with E-state index in [0.29, 0.717) is 6.54 Å². The number of carbonyl (C=O) groups is 1. The molecular formula is C24H29N5O2. The van der Waals surface area contributed by atoms with Crippen LogP contribution in [0.4, 0.5) is 11.6 Å². The number of rotatable bonds is 6. The van der Waals surface area contributed by atoms with Gasteiger partial charge < -0.3 is 15.0 Å². The molecule has 1 N–H and O–H groups in total. The van der Waals surface area contributed by atoms with Crippen LogP contribution in [0.15, 0.2) is 54.9 Å². The Labute approximate surface area is 183 Å². The second kappa shape index (κ2) is 9.22. The molecule has 0 radical (unpaired) electrons. The highest BCUT2D eigenvalue weighted by atomic mass is 16.5. The summed E-state index contributed by atoms with van der Waals surface area (Å²) in [5, 5.41) is 3.04. The maximum atomic E-state index is 12.5. The molecule has 2 aromatic carbocycles. The van der Waals surface area contributed by atoms with Crippen molar-refractivity contribution < 1.29 is 9.53 Å². The fourth-order valence-corrected chi connectivity index (χ4v) is 3.94. The number of imidazole rings is 1. The first-order chi connectivity index (χ1) is 15.0. The summed E-state index contributed by atoms with van der Waals surface area (Å²) in [6.45, 7) is 7.72.